The molecule has 1 aliphatic carbocycles. The second-order valence-corrected chi connectivity index (χ2v) is 6.95. The number of H-pyrrole nitrogens is 1. The molecule has 0 amide bonds. The molecule has 2 heterocycles. The Morgan fingerprint density at radius 3 is 3.05 bits per heavy atom. The van der Waals surface area contributed by atoms with Crippen LogP contribution >= 0.6 is 11.6 Å². The second-order valence-electron chi connectivity index (χ2n) is 6.52. The molecule has 1 aliphatic heterocycles. The third kappa shape index (κ3) is 2.96. The fourth-order valence-electron chi connectivity index (χ4n) is 3.52. The molecular weight excluding hydrogens is 282 g/mol. The van der Waals surface area contributed by atoms with Crippen molar-refractivity contribution < 1.29 is 0 Å². The highest BCUT2D eigenvalue weighted by Gasteiger charge is 2.33. The third-order valence-corrected chi connectivity index (χ3v) is 5.09. The molecule has 112 valence electrons. The minimum absolute atomic E-state index is 0.787. The van der Waals surface area contributed by atoms with E-state index in [1.807, 2.05) is 12.1 Å². The van der Waals surface area contributed by atoms with Crippen molar-refractivity contribution in [3.05, 3.63) is 35.0 Å². The van der Waals surface area contributed by atoms with Crippen LogP contribution in [0, 0.1) is 5.92 Å². The van der Waals surface area contributed by atoms with E-state index in [0.717, 1.165) is 35.6 Å². The molecule has 1 aromatic heterocycles. The fraction of sp³-hybridized carbons (Fsp3) is 0.529. The van der Waals surface area contributed by atoms with E-state index in [4.69, 9.17) is 11.6 Å². The number of benzene rings is 1. The summed E-state index contributed by atoms with van der Waals surface area (Å²) in [6.07, 6.45) is 6.31. The number of nitrogens with one attached hydrogen (secondary N) is 2. The summed E-state index contributed by atoms with van der Waals surface area (Å²) in [5.41, 5.74) is 2.46. The molecule has 1 atom stereocenters. The molecule has 1 saturated carbocycles. The van der Waals surface area contributed by atoms with Gasteiger partial charge in [-0.25, -0.2) is 0 Å². The molecule has 2 aliphatic rings. The Morgan fingerprint density at radius 2 is 2.19 bits per heavy atom. The molecule has 4 rings (SSSR count). The van der Waals surface area contributed by atoms with Gasteiger partial charge in [-0.3, -0.25) is 0 Å². The quantitative estimate of drug-likeness (QED) is 0.887. The van der Waals surface area contributed by atoms with Gasteiger partial charge >= 0.3 is 0 Å². The predicted molar refractivity (Wildman–Crippen MR) is 87.7 cm³/mol. The van der Waals surface area contributed by atoms with Gasteiger partial charge in [-0.05, 0) is 56.0 Å². The summed E-state index contributed by atoms with van der Waals surface area (Å²) in [5.74, 6) is 0.824. The van der Waals surface area contributed by atoms with Gasteiger partial charge in [-0.1, -0.05) is 17.7 Å². The number of likely N-dealkylation sites (tertiary alicyclic amines) is 1. The van der Waals surface area contributed by atoms with Crippen LogP contribution in [-0.4, -0.2) is 35.6 Å². The molecule has 2 fully saturated rings. The summed E-state index contributed by atoms with van der Waals surface area (Å²) in [7, 11) is 0. The summed E-state index contributed by atoms with van der Waals surface area (Å²) >= 11 is 6.02. The summed E-state index contributed by atoms with van der Waals surface area (Å²) in [4.78, 5) is 5.99. The largest absolute Gasteiger partial charge is 0.361 e. The molecule has 2 N–H and O–H groups in total. The van der Waals surface area contributed by atoms with E-state index in [2.05, 4.69) is 27.5 Å². The number of nitrogens with zero attached hydrogens (tertiary/aromatic N) is 1. The molecular formula is C17H22ClN3. The van der Waals surface area contributed by atoms with Crippen LogP contribution in [0.3, 0.4) is 0 Å². The highest BCUT2D eigenvalue weighted by Crippen LogP contribution is 2.31. The van der Waals surface area contributed by atoms with Gasteiger partial charge in [-0.15, -0.1) is 0 Å². The number of hydrogen-bond acceptors (Lipinski definition) is 2. The summed E-state index contributed by atoms with van der Waals surface area (Å²) in [5, 5.41) is 5.70. The van der Waals surface area contributed by atoms with Crippen molar-refractivity contribution in [3.8, 4) is 0 Å². The van der Waals surface area contributed by atoms with Crippen molar-refractivity contribution in [3.63, 3.8) is 0 Å². The monoisotopic (exact) mass is 303 g/mol. The number of aromatic nitrogens is 1. The Morgan fingerprint density at radius 1 is 1.29 bits per heavy atom. The van der Waals surface area contributed by atoms with Gasteiger partial charge in [0.05, 0.1) is 0 Å². The predicted octanol–water partition coefficient (Wildman–Crippen LogP) is 3.40. The van der Waals surface area contributed by atoms with Gasteiger partial charge in [0.15, 0.2) is 0 Å². The van der Waals surface area contributed by atoms with E-state index in [0.29, 0.717) is 0 Å². The van der Waals surface area contributed by atoms with E-state index < -0.39 is 0 Å². The lowest BCUT2D eigenvalue weighted by atomic mass is 10.1. The molecule has 2 aromatic rings. The van der Waals surface area contributed by atoms with Gasteiger partial charge in [0, 0.05) is 41.3 Å². The van der Waals surface area contributed by atoms with Crippen LogP contribution in [0.4, 0.5) is 0 Å². The first-order chi connectivity index (χ1) is 10.3. The van der Waals surface area contributed by atoms with Crippen molar-refractivity contribution >= 4 is 22.5 Å². The van der Waals surface area contributed by atoms with Gasteiger partial charge in [-0.2, -0.15) is 0 Å². The first kappa shape index (κ1) is 13.6. The number of halogens is 1. The maximum Gasteiger partial charge on any atom is 0.0472 e. The lowest BCUT2D eigenvalue weighted by Crippen LogP contribution is -2.27. The van der Waals surface area contributed by atoms with E-state index in [-0.39, 0.29) is 0 Å². The minimum atomic E-state index is 0.787. The van der Waals surface area contributed by atoms with Gasteiger partial charge in [0.25, 0.3) is 0 Å². The Bertz CT molecular complexity index is 632. The molecule has 4 heteroatoms. The van der Waals surface area contributed by atoms with E-state index in [1.54, 1.807) is 0 Å². The number of fused-ring (bicyclic) bond motifs is 1. The summed E-state index contributed by atoms with van der Waals surface area (Å²) in [6.45, 7) is 4.66. The smallest absolute Gasteiger partial charge is 0.0472 e. The SMILES string of the molecule is Clc1ccc2c(CNCC3CCN(C4CC4)C3)c[nH]c2c1. The average Bonchev–Trinajstić information content (AvgIpc) is 3.10. The van der Waals surface area contributed by atoms with Crippen LogP contribution in [0.2, 0.25) is 5.02 Å². The Balaban J connectivity index is 1.32. The maximum absolute atomic E-state index is 6.02. The van der Waals surface area contributed by atoms with Crippen LogP contribution < -0.4 is 5.32 Å². The number of rotatable bonds is 5. The van der Waals surface area contributed by atoms with E-state index in [9.17, 15) is 0 Å². The van der Waals surface area contributed by atoms with Crippen LogP contribution in [0.15, 0.2) is 24.4 Å². The number of hydrogen-bond donors (Lipinski definition) is 2. The molecule has 1 saturated heterocycles. The van der Waals surface area contributed by atoms with Crippen molar-refractivity contribution in [2.75, 3.05) is 19.6 Å². The second kappa shape index (κ2) is 5.64. The van der Waals surface area contributed by atoms with Gasteiger partial charge < -0.3 is 15.2 Å². The Labute approximate surface area is 130 Å². The third-order valence-electron chi connectivity index (χ3n) is 4.86. The maximum atomic E-state index is 6.02. The summed E-state index contributed by atoms with van der Waals surface area (Å²) < 4.78 is 0. The Hall–Kier alpha value is -1.03. The van der Waals surface area contributed by atoms with Gasteiger partial charge in [0.2, 0.25) is 0 Å². The molecule has 1 unspecified atom stereocenters. The van der Waals surface area contributed by atoms with Gasteiger partial charge in [0.1, 0.15) is 0 Å². The standard InChI is InChI=1S/C17H22ClN3/c18-14-1-4-16-13(10-20-17(16)7-14)9-19-8-12-5-6-21(11-12)15-2-3-15/h1,4,7,10,12,15,19-20H,2-3,5-6,8-9,11H2. The molecule has 0 spiro atoms. The first-order valence-electron chi connectivity index (χ1n) is 8.00. The molecule has 3 nitrogen and oxygen atoms in total. The van der Waals surface area contributed by atoms with E-state index >= 15 is 0 Å². The zero-order valence-electron chi connectivity index (χ0n) is 12.2. The number of aromatic amines is 1. The topological polar surface area (TPSA) is 31.1 Å². The molecule has 21 heavy (non-hydrogen) atoms. The minimum Gasteiger partial charge on any atom is -0.361 e. The lowest BCUT2D eigenvalue weighted by molar-refractivity contribution is 0.312. The Kier molecular flexibility index (Phi) is 3.66. The normalized spacial score (nSPS) is 23.2. The van der Waals surface area contributed by atoms with E-state index in [1.165, 1.54) is 43.3 Å². The van der Waals surface area contributed by atoms with Crippen LogP contribution in [0.5, 0.6) is 0 Å². The van der Waals surface area contributed by atoms with Crippen molar-refractivity contribution in [2.24, 2.45) is 5.92 Å². The van der Waals surface area contributed by atoms with Crippen LogP contribution in [0.1, 0.15) is 24.8 Å². The van der Waals surface area contributed by atoms with Crippen molar-refractivity contribution in [1.82, 2.24) is 15.2 Å². The van der Waals surface area contributed by atoms with Crippen LogP contribution in [0.25, 0.3) is 10.9 Å². The first-order valence-corrected chi connectivity index (χ1v) is 8.37. The van der Waals surface area contributed by atoms with Crippen LogP contribution in [-0.2, 0) is 6.54 Å². The zero-order chi connectivity index (χ0) is 14.2. The molecule has 1 aromatic carbocycles. The highest BCUT2D eigenvalue weighted by atomic mass is 35.5. The summed E-state index contributed by atoms with van der Waals surface area (Å²) in [6, 6.07) is 6.99. The molecule has 0 radical (unpaired) electrons. The lowest BCUT2D eigenvalue weighted by Gasteiger charge is -2.15. The molecule has 0 bridgehead atoms. The van der Waals surface area contributed by atoms with Crippen molar-refractivity contribution in [1.29, 1.82) is 0 Å². The van der Waals surface area contributed by atoms with Crippen molar-refractivity contribution in [2.45, 2.75) is 31.8 Å². The average molecular weight is 304 g/mol. The highest BCUT2D eigenvalue weighted by molar-refractivity contribution is 6.31. The zero-order valence-corrected chi connectivity index (χ0v) is 13.0. The fourth-order valence-corrected chi connectivity index (χ4v) is 3.69.